The fourth-order valence-electron chi connectivity index (χ4n) is 4.95. The van der Waals surface area contributed by atoms with Gasteiger partial charge in [-0.15, -0.1) is 0 Å². The molecule has 0 aliphatic carbocycles. The van der Waals surface area contributed by atoms with E-state index >= 15 is 0 Å². The number of hydrogen-bond acceptors (Lipinski definition) is 11. The Morgan fingerprint density at radius 1 is 1.10 bits per heavy atom. The maximum atomic E-state index is 12.9. The lowest BCUT2D eigenvalue weighted by Gasteiger charge is -2.38. The molecule has 2 aromatic rings. The molecule has 41 heavy (non-hydrogen) atoms. The van der Waals surface area contributed by atoms with Crippen molar-refractivity contribution in [1.29, 1.82) is 0 Å². The zero-order chi connectivity index (χ0) is 29.2. The van der Waals surface area contributed by atoms with Gasteiger partial charge in [0.2, 0.25) is 18.6 Å². The SMILES string of the molecule is C=CC(=O)N1C[C@H](Nc2ncnc3c2ccn3C(=O)CCC(=O)OCOC(=O)CCCC[C@@H]2CCSS2)CC[C@@H]1C. The average Bonchev–Trinajstić information content (AvgIpc) is 3.65. The average molecular weight is 604 g/mol. The highest BCUT2D eigenvalue weighted by molar-refractivity contribution is 8.77. The number of nitrogens with one attached hydrogen (secondary N) is 1. The first-order valence-electron chi connectivity index (χ1n) is 14.0. The quantitative estimate of drug-likeness (QED) is 0.113. The number of piperidine rings is 1. The number of amides is 1. The summed E-state index contributed by atoms with van der Waals surface area (Å²) >= 11 is 0. The van der Waals surface area contributed by atoms with Gasteiger partial charge in [-0.25, -0.2) is 9.97 Å². The molecule has 13 heteroatoms. The Kier molecular flexibility index (Phi) is 11.5. The molecule has 0 spiro atoms. The van der Waals surface area contributed by atoms with E-state index in [1.807, 2.05) is 28.5 Å². The number of unbranched alkanes of at least 4 members (excludes halogenated alkanes) is 1. The maximum Gasteiger partial charge on any atom is 0.309 e. The summed E-state index contributed by atoms with van der Waals surface area (Å²) in [6.45, 7) is 5.68. The highest BCUT2D eigenvalue weighted by Crippen LogP contribution is 2.39. The van der Waals surface area contributed by atoms with Crippen molar-refractivity contribution >= 4 is 62.2 Å². The number of fused-ring (bicyclic) bond motifs is 1. The van der Waals surface area contributed by atoms with Crippen molar-refractivity contribution in [2.75, 3.05) is 24.4 Å². The number of rotatable bonds is 13. The van der Waals surface area contributed by atoms with Crippen LogP contribution in [0.3, 0.4) is 0 Å². The van der Waals surface area contributed by atoms with Gasteiger partial charge >= 0.3 is 11.9 Å². The largest absolute Gasteiger partial charge is 0.428 e. The topological polar surface area (TPSA) is 133 Å². The standard InChI is InChI=1S/C28H37N5O6S2/c1-3-23(34)33-16-20(9-8-19(33)2)31-27-22-12-14-32(28(22)30-17-29-27)24(35)10-11-26(37)39-18-38-25(36)7-5-4-6-21-13-15-40-41-21/h3,12,14,17,19-21H,1,4-11,13,15-16,18H2,2H3,(H,29,30,31)/t19-,20+,21+/m0/s1. The first-order valence-corrected chi connectivity index (χ1v) is 16.4. The van der Waals surface area contributed by atoms with Gasteiger partial charge in [-0.1, -0.05) is 34.6 Å². The van der Waals surface area contributed by atoms with Crippen LogP contribution in [0.5, 0.6) is 0 Å². The van der Waals surface area contributed by atoms with Crippen molar-refractivity contribution in [2.24, 2.45) is 0 Å². The van der Waals surface area contributed by atoms with Gasteiger partial charge in [-0.2, -0.15) is 0 Å². The summed E-state index contributed by atoms with van der Waals surface area (Å²) in [5.74, 6) is 0.322. The summed E-state index contributed by atoms with van der Waals surface area (Å²) in [7, 11) is 3.83. The molecular weight excluding hydrogens is 566 g/mol. The van der Waals surface area contributed by atoms with E-state index in [4.69, 9.17) is 9.47 Å². The molecule has 11 nitrogen and oxygen atoms in total. The summed E-state index contributed by atoms with van der Waals surface area (Å²) in [6, 6.07) is 1.87. The number of anilines is 1. The molecule has 2 saturated heterocycles. The molecule has 222 valence electrons. The van der Waals surface area contributed by atoms with E-state index in [-0.39, 0.29) is 36.7 Å². The number of esters is 2. The van der Waals surface area contributed by atoms with Crippen LogP contribution in [0.15, 0.2) is 31.2 Å². The first kappa shape index (κ1) is 30.9. The van der Waals surface area contributed by atoms with Crippen LogP contribution in [-0.4, -0.2) is 79.6 Å². The van der Waals surface area contributed by atoms with Crippen molar-refractivity contribution < 1.29 is 28.7 Å². The summed E-state index contributed by atoms with van der Waals surface area (Å²) < 4.78 is 11.4. The third-order valence-corrected chi connectivity index (χ3v) is 10.3. The highest BCUT2D eigenvalue weighted by atomic mass is 33.1. The normalized spacial score (nSPS) is 20.5. The van der Waals surface area contributed by atoms with Crippen molar-refractivity contribution in [3.63, 3.8) is 0 Å². The van der Waals surface area contributed by atoms with Crippen LogP contribution >= 0.6 is 21.6 Å². The fraction of sp³-hybridized carbons (Fsp3) is 0.571. The molecule has 0 bridgehead atoms. The second kappa shape index (κ2) is 15.2. The van der Waals surface area contributed by atoms with E-state index in [2.05, 4.69) is 21.9 Å². The van der Waals surface area contributed by atoms with Crippen molar-refractivity contribution in [3.8, 4) is 0 Å². The first-order chi connectivity index (χ1) is 19.9. The number of ether oxygens (including phenoxy) is 2. The predicted molar refractivity (Wildman–Crippen MR) is 159 cm³/mol. The van der Waals surface area contributed by atoms with Crippen LogP contribution in [0.1, 0.15) is 69.5 Å². The molecule has 1 amide bonds. The molecule has 1 N–H and O–H groups in total. The monoisotopic (exact) mass is 603 g/mol. The number of carbonyl (C=O) groups excluding carboxylic acids is 4. The van der Waals surface area contributed by atoms with Gasteiger partial charge in [-0.3, -0.25) is 23.7 Å². The Bertz CT molecular complexity index is 1250. The Morgan fingerprint density at radius 3 is 2.66 bits per heavy atom. The molecule has 4 heterocycles. The summed E-state index contributed by atoms with van der Waals surface area (Å²) in [4.78, 5) is 59.5. The Hall–Kier alpha value is -3.06. The van der Waals surface area contributed by atoms with Gasteiger partial charge in [-0.05, 0) is 51.2 Å². The van der Waals surface area contributed by atoms with Crippen LogP contribution in [0.25, 0.3) is 11.0 Å². The van der Waals surface area contributed by atoms with E-state index in [0.717, 1.165) is 32.1 Å². The van der Waals surface area contributed by atoms with E-state index in [0.29, 0.717) is 35.1 Å². The van der Waals surface area contributed by atoms with Crippen molar-refractivity contribution in [1.82, 2.24) is 19.4 Å². The molecule has 0 saturated carbocycles. The molecule has 2 fully saturated rings. The van der Waals surface area contributed by atoms with Crippen LogP contribution in [0, 0.1) is 0 Å². The van der Waals surface area contributed by atoms with Crippen LogP contribution in [0.4, 0.5) is 5.82 Å². The van der Waals surface area contributed by atoms with Crippen LogP contribution in [-0.2, 0) is 23.9 Å². The third kappa shape index (κ3) is 8.71. The Balaban J connectivity index is 1.20. The maximum absolute atomic E-state index is 12.9. The third-order valence-electron chi connectivity index (χ3n) is 7.30. The fourth-order valence-corrected chi connectivity index (χ4v) is 7.98. The lowest BCUT2D eigenvalue weighted by molar-refractivity contribution is -0.167. The van der Waals surface area contributed by atoms with Gasteiger partial charge in [0.25, 0.3) is 0 Å². The van der Waals surface area contributed by atoms with Crippen molar-refractivity contribution in [2.45, 2.75) is 82.0 Å². The predicted octanol–water partition coefficient (Wildman–Crippen LogP) is 4.59. The van der Waals surface area contributed by atoms with Gasteiger partial charge in [0.05, 0.1) is 11.8 Å². The molecule has 0 unspecified atom stereocenters. The van der Waals surface area contributed by atoms with Gasteiger partial charge in [0, 0.05) is 48.7 Å². The summed E-state index contributed by atoms with van der Waals surface area (Å²) in [5.41, 5.74) is 0.420. The smallest absolute Gasteiger partial charge is 0.309 e. The molecule has 0 aromatic carbocycles. The highest BCUT2D eigenvalue weighted by Gasteiger charge is 2.28. The molecular formula is C28H37N5O6S2. The number of carbonyl (C=O) groups is 4. The lowest BCUT2D eigenvalue weighted by Crippen LogP contribution is -2.49. The Labute approximate surface area is 247 Å². The van der Waals surface area contributed by atoms with Gasteiger partial charge in [0.15, 0.2) is 5.65 Å². The number of likely N-dealkylation sites (tertiary alicyclic amines) is 1. The van der Waals surface area contributed by atoms with E-state index in [1.165, 1.54) is 29.1 Å². The summed E-state index contributed by atoms with van der Waals surface area (Å²) in [5, 5.41) is 4.74. The number of aromatic nitrogens is 3. The molecule has 2 aliphatic rings. The molecule has 4 rings (SSSR count). The molecule has 3 atom stereocenters. The molecule has 2 aliphatic heterocycles. The second-order valence-electron chi connectivity index (χ2n) is 10.2. The van der Waals surface area contributed by atoms with Crippen LogP contribution in [0.2, 0.25) is 0 Å². The van der Waals surface area contributed by atoms with Gasteiger partial charge in [0.1, 0.15) is 12.1 Å². The van der Waals surface area contributed by atoms with Gasteiger partial charge < -0.3 is 19.7 Å². The van der Waals surface area contributed by atoms with E-state index in [1.54, 1.807) is 17.2 Å². The van der Waals surface area contributed by atoms with Crippen LogP contribution < -0.4 is 5.32 Å². The minimum absolute atomic E-state index is 0.00803. The Morgan fingerprint density at radius 2 is 1.90 bits per heavy atom. The molecule has 2 aromatic heterocycles. The minimum Gasteiger partial charge on any atom is -0.428 e. The van der Waals surface area contributed by atoms with Crippen molar-refractivity contribution in [3.05, 3.63) is 31.2 Å². The zero-order valence-corrected chi connectivity index (χ0v) is 24.9. The second-order valence-corrected chi connectivity index (χ2v) is 13.0. The summed E-state index contributed by atoms with van der Waals surface area (Å²) in [6.07, 6.45) is 10.1. The number of hydrogen-bond donors (Lipinski definition) is 1. The molecule has 0 radical (unpaired) electrons. The van der Waals surface area contributed by atoms with E-state index in [9.17, 15) is 19.2 Å². The lowest BCUT2D eigenvalue weighted by atomic mass is 9.99. The minimum atomic E-state index is -0.625. The zero-order valence-electron chi connectivity index (χ0n) is 23.3. The van der Waals surface area contributed by atoms with E-state index < -0.39 is 18.7 Å². The number of nitrogens with zero attached hydrogens (tertiary/aromatic N) is 4.